The Morgan fingerprint density at radius 1 is 1.29 bits per heavy atom. The van der Waals surface area contributed by atoms with Crippen molar-refractivity contribution in [1.29, 1.82) is 0 Å². The van der Waals surface area contributed by atoms with Gasteiger partial charge in [0.15, 0.2) is 5.96 Å². The van der Waals surface area contributed by atoms with Gasteiger partial charge in [-0.15, -0.1) is 0 Å². The third-order valence-corrected chi connectivity index (χ3v) is 3.93. The number of nitrogens with two attached hydrogens (primary N) is 1. The number of hydrogen-bond donors (Lipinski definition) is 1. The van der Waals surface area contributed by atoms with Crippen LogP contribution < -0.4 is 15.2 Å². The predicted octanol–water partition coefficient (Wildman–Crippen LogP) is 1.20. The van der Waals surface area contributed by atoms with Crippen LogP contribution in [0.2, 0.25) is 0 Å². The molecule has 6 heteroatoms. The molecule has 1 aliphatic rings. The molecule has 0 aromatic heterocycles. The number of aliphatic imine (C=N–C) groups is 1. The van der Waals surface area contributed by atoms with E-state index < -0.39 is 0 Å². The maximum Gasteiger partial charge on any atom is 0.192 e. The van der Waals surface area contributed by atoms with Gasteiger partial charge in [0.25, 0.3) is 0 Å². The van der Waals surface area contributed by atoms with Gasteiger partial charge in [-0.1, -0.05) is 0 Å². The SMILES string of the molecule is COCCN1C(N)=NCC1(C)c1cc(OC)ccc1OC. The normalized spacial score (nSPS) is 21.3. The van der Waals surface area contributed by atoms with Gasteiger partial charge in [-0.25, -0.2) is 0 Å². The van der Waals surface area contributed by atoms with Crippen LogP contribution in [0.4, 0.5) is 0 Å². The molecule has 0 bridgehead atoms. The number of nitrogens with zero attached hydrogens (tertiary/aromatic N) is 2. The Hall–Kier alpha value is -1.95. The smallest absolute Gasteiger partial charge is 0.192 e. The van der Waals surface area contributed by atoms with Crippen LogP contribution in [0.25, 0.3) is 0 Å². The average Bonchev–Trinajstić information content (AvgIpc) is 2.80. The van der Waals surface area contributed by atoms with Gasteiger partial charge >= 0.3 is 0 Å². The molecular formula is C15H23N3O3. The molecule has 1 aliphatic heterocycles. The van der Waals surface area contributed by atoms with Gasteiger partial charge in [0.2, 0.25) is 0 Å². The lowest BCUT2D eigenvalue weighted by Crippen LogP contribution is -2.49. The minimum absolute atomic E-state index is 0.373. The topological polar surface area (TPSA) is 69.3 Å². The largest absolute Gasteiger partial charge is 0.497 e. The number of guanidine groups is 1. The molecule has 21 heavy (non-hydrogen) atoms. The lowest BCUT2D eigenvalue weighted by molar-refractivity contribution is 0.135. The molecule has 0 aliphatic carbocycles. The van der Waals surface area contributed by atoms with E-state index in [0.717, 1.165) is 17.1 Å². The van der Waals surface area contributed by atoms with E-state index in [4.69, 9.17) is 19.9 Å². The van der Waals surface area contributed by atoms with E-state index in [-0.39, 0.29) is 5.54 Å². The summed E-state index contributed by atoms with van der Waals surface area (Å²) in [5.74, 6) is 2.11. The van der Waals surface area contributed by atoms with Crippen LogP contribution in [0.15, 0.2) is 23.2 Å². The fraction of sp³-hybridized carbons (Fsp3) is 0.533. The summed E-state index contributed by atoms with van der Waals surface area (Å²) in [7, 11) is 4.98. The van der Waals surface area contributed by atoms with Crippen molar-refractivity contribution in [3.05, 3.63) is 23.8 Å². The van der Waals surface area contributed by atoms with Crippen LogP contribution in [0, 0.1) is 0 Å². The summed E-state index contributed by atoms with van der Waals surface area (Å²) in [6.07, 6.45) is 0. The Labute approximate surface area is 125 Å². The van der Waals surface area contributed by atoms with E-state index in [1.807, 2.05) is 23.1 Å². The fourth-order valence-electron chi connectivity index (χ4n) is 2.67. The van der Waals surface area contributed by atoms with Gasteiger partial charge in [-0.05, 0) is 25.1 Å². The number of benzene rings is 1. The molecule has 0 spiro atoms. The van der Waals surface area contributed by atoms with Crippen molar-refractivity contribution >= 4 is 5.96 Å². The zero-order valence-electron chi connectivity index (χ0n) is 13.0. The van der Waals surface area contributed by atoms with Gasteiger partial charge < -0.3 is 24.8 Å². The summed E-state index contributed by atoms with van der Waals surface area (Å²) in [6, 6.07) is 5.76. The highest BCUT2D eigenvalue weighted by molar-refractivity contribution is 5.81. The monoisotopic (exact) mass is 293 g/mol. The second kappa shape index (κ2) is 6.22. The molecule has 6 nitrogen and oxygen atoms in total. The number of rotatable bonds is 6. The third kappa shape index (κ3) is 2.76. The molecule has 0 radical (unpaired) electrons. The number of ether oxygens (including phenoxy) is 3. The number of hydrogen-bond acceptors (Lipinski definition) is 6. The maximum absolute atomic E-state index is 6.04. The Balaban J connectivity index is 2.42. The first-order valence-electron chi connectivity index (χ1n) is 6.86. The summed E-state index contributed by atoms with van der Waals surface area (Å²) < 4.78 is 16.0. The van der Waals surface area contributed by atoms with Crippen LogP contribution in [0.1, 0.15) is 12.5 Å². The molecule has 0 saturated heterocycles. The molecule has 1 atom stereocenters. The van der Waals surface area contributed by atoms with Crippen molar-refractivity contribution in [2.45, 2.75) is 12.5 Å². The fourth-order valence-corrected chi connectivity index (χ4v) is 2.67. The second-order valence-corrected chi connectivity index (χ2v) is 5.16. The Morgan fingerprint density at radius 3 is 2.67 bits per heavy atom. The van der Waals surface area contributed by atoms with E-state index in [1.54, 1.807) is 21.3 Å². The molecule has 0 amide bonds. The van der Waals surface area contributed by atoms with Crippen LogP contribution in [-0.2, 0) is 10.3 Å². The maximum atomic E-state index is 6.04. The third-order valence-electron chi connectivity index (χ3n) is 3.93. The molecule has 116 valence electrons. The average molecular weight is 293 g/mol. The molecule has 1 aromatic carbocycles. The summed E-state index contributed by atoms with van der Waals surface area (Å²) >= 11 is 0. The summed E-state index contributed by atoms with van der Waals surface area (Å²) in [6.45, 7) is 3.93. The van der Waals surface area contributed by atoms with E-state index in [1.165, 1.54) is 0 Å². The first-order chi connectivity index (χ1) is 10.1. The quantitative estimate of drug-likeness (QED) is 0.853. The highest BCUT2D eigenvalue weighted by atomic mass is 16.5. The number of methoxy groups -OCH3 is 3. The van der Waals surface area contributed by atoms with Gasteiger partial charge in [-0.2, -0.15) is 0 Å². The van der Waals surface area contributed by atoms with Crippen LogP contribution >= 0.6 is 0 Å². The van der Waals surface area contributed by atoms with Crippen molar-refractivity contribution in [2.24, 2.45) is 10.7 Å². The van der Waals surface area contributed by atoms with Gasteiger partial charge in [-0.3, -0.25) is 4.99 Å². The Morgan fingerprint density at radius 2 is 2.05 bits per heavy atom. The van der Waals surface area contributed by atoms with Crippen molar-refractivity contribution in [3.8, 4) is 11.5 Å². The van der Waals surface area contributed by atoms with Crippen molar-refractivity contribution in [3.63, 3.8) is 0 Å². The lowest BCUT2D eigenvalue weighted by Gasteiger charge is -2.37. The van der Waals surface area contributed by atoms with Crippen molar-refractivity contribution in [1.82, 2.24) is 4.90 Å². The molecule has 0 fully saturated rings. The highest BCUT2D eigenvalue weighted by Crippen LogP contribution is 2.39. The predicted molar refractivity (Wildman–Crippen MR) is 82.0 cm³/mol. The summed E-state index contributed by atoms with van der Waals surface area (Å²) in [5.41, 5.74) is 6.67. The second-order valence-electron chi connectivity index (χ2n) is 5.16. The van der Waals surface area contributed by atoms with Crippen LogP contribution in [0.5, 0.6) is 11.5 Å². The van der Waals surface area contributed by atoms with Gasteiger partial charge in [0.05, 0.1) is 32.9 Å². The summed E-state index contributed by atoms with van der Waals surface area (Å²) in [5, 5.41) is 0. The van der Waals surface area contributed by atoms with Crippen LogP contribution in [-0.4, -0.2) is 51.9 Å². The molecule has 1 heterocycles. The van der Waals surface area contributed by atoms with Gasteiger partial charge in [0, 0.05) is 19.2 Å². The minimum Gasteiger partial charge on any atom is -0.497 e. The first kappa shape index (κ1) is 15.4. The molecule has 2 rings (SSSR count). The van der Waals surface area contributed by atoms with Crippen LogP contribution in [0.3, 0.4) is 0 Å². The zero-order chi connectivity index (χ0) is 15.5. The Kier molecular flexibility index (Phi) is 4.57. The first-order valence-corrected chi connectivity index (χ1v) is 6.86. The van der Waals surface area contributed by atoms with E-state index in [0.29, 0.717) is 25.7 Å². The molecule has 1 aromatic rings. The van der Waals surface area contributed by atoms with E-state index >= 15 is 0 Å². The Bertz CT molecular complexity index is 533. The van der Waals surface area contributed by atoms with E-state index in [2.05, 4.69) is 11.9 Å². The summed E-state index contributed by atoms with van der Waals surface area (Å²) in [4.78, 5) is 6.45. The molecule has 2 N–H and O–H groups in total. The molecule has 1 unspecified atom stereocenters. The van der Waals surface area contributed by atoms with Crippen molar-refractivity contribution in [2.75, 3.05) is 41.0 Å². The standard InChI is InChI=1S/C15H23N3O3/c1-15(10-17-14(16)18(15)7-8-19-2)12-9-11(20-3)5-6-13(12)21-4/h5-6,9H,7-8,10H2,1-4H3,(H2,16,17). The van der Waals surface area contributed by atoms with E-state index in [9.17, 15) is 0 Å². The lowest BCUT2D eigenvalue weighted by atomic mass is 9.90. The van der Waals surface area contributed by atoms with Gasteiger partial charge in [0.1, 0.15) is 11.5 Å². The molecular weight excluding hydrogens is 270 g/mol. The zero-order valence-corrected chi connectivity index (χ0v) is 13.0. The molecule has 0 saturated carbocycles. The van der Waals surface area contributed by atoms with Crippen molar-refractivity contribution < 1.29 is 14.2 Å². The minimum atomic E-state index is -0.373. The highest BCUT2D eigenvalue weighted by Gasteiger charge is 2.41.